The minimum Gasteiger partial charge on any atom is -0.456 e. The van der Waals surface area contributed by atoms with E-state index in [1.54, 1.807) is 6.07 Å². The van der Waals surface area contributed by atoms with Crippen LogP contribution in [-0.4, -0.2) is 4.98 Å². The number of hydrogen-bond donors (Lipinski definition) is 1. The van der Waals surface area contributed by atoms with Gasteiger partial charge in [0.25, 0.3) is 0 Å². The van der Waals surface area contributed by atoms with Crippen LogP contribution in [0.25, 0.3) is 54.9 Å². The first-order valence-corrected chi connectivity index (χ1v) is 11.5. The standard InChI is InChI=1S/C31H19NO3/c33-31-24-10-2-4-13-27(24)35-28-16-15-20(18-25(28)31)19-7-5-8-21(17-19)34-29-14-6-11-23-22-9-1-3-12-26(22)32-30(23)29/h1-18,32H. The molecule has 35 heavy (non-hydrogen) atoms. The summed E-state index contributed by atoms with van der Waals surface area (Å²) in [6, 6.07) is 35.3. The van der Waals surface area contributed by atoms with E-state index in [9.17, 15) is 4.79 Å². The second-order valence-corrected chi connectivity index (χ2v) is 8.62. The lowest BCUT2D eigenvalue weighted by atomic mass is 10.0. The van der Waals surface area contributed by atoms with Crippen molar-refractivity contribution in [2.75, 3.05) is 0 Å². The molecule has 0 radical (unpaired) electrons. The molecular formula is C31H19NO3. The minimum absolute atomic E-state index is 0.0263. The second kappa shape index (κ2) is 7.61. The second-order valence-electron chi connectivity index (χ2n) is 8.62. The van der Waals surface area contributed by atoms with E-state index in [0.29, 0.717) is 21.9 Å². The molecule has 0 unspecified atom stereocenters. The van der Waals surface area contributed by atoms with Gasteiger partial charge in [-0.25, -0.2) is 0 Å². The Labute approximate surface area is 200 Å². The predicted molar refractivity (Wildman–Crippen MR) is 141 cm³/mol. The summed E-state index contributed by atoms with van der Waals surface area (Å²) in [7, 11) is 0. The number of para-hydroxylation sites is 3. The molecule has 0 spiro atoms. The fourth-order valence-corrected chi connectivity index (χ4v) is 4.78. The topological polar surface area (TPSA) is 55.2 Å². The zero-order valence-electron chi connectivity index (χ0n) is 18.6. The highest BCUT2D eigenvalue weighted by Gasteiger charge is 2.12. The van der Waals surface area contributed by atoms with Crippen molar-refractivity contribution >= 4 is 43.7 Å². The third kappa shape index (κ3) is 3.19. The number of benzene rings is 5. The van der Waals surface area contributed by atoms with Crippen LogP contribution in [-0.2, 0) is 0 Å². The largest absolute Gasteiger partial charge is 0.456 e. The highest BCUT2D eigenvalue weighted by Crippen LogP contribution is 2.35. The van der Waals surface area contributed by atoms with Crippen LogP contribution in [0.2, 0.25) is 0 Å². The van der Waals surface area contributed by atoms with Crippen LogP contribution in [0.1, 0.15) is 0 Å². The van der Waals surface area contributed by atoms with E-state index in [-0.39, 0.29) is 5.43 Å². The average molecular weight is 453 g/mol. The first kappa shape index (κ1) is 19.6. The van der Waals surface area contributed by atoms with Gasteiger partial charge in [-0.3, -0.25) is 4.79 Å². The maximum absolute atomic E-state index is 13.1. The number of H-pyrrole nitrogens is 1. The Morgan fingerprint density at radius 1 is 0.600 bits per heavy atom. The van der Waals surface area contributed by atoms with Crippen LogP contribution in [0.15, 0.2) is 118 Å². The van der Waals surface area contributed by atoms with Gasteiger partial charge in [-0.15, -0.1) is 0 Å². The molecule has 7 aromatic rings. The molecule has 4 nitrogen and oxygen atoms in total. The summed E-state index contributed by atoms with van der Waals surface area (Å²) in [5, 5.41) is 3.45. The highest BCUT2D eigenvalue weighted by atomic mass is 16.5. The predicted octanol–water partition coefficient (Wildman–Crippen LogP) is 8.04. The molecule has 166 valence electrons. The van der Waals surface area contributed by atoms with Crippen LogP contribution in [0.3, 0.4) is 0 Å². The van der Waals surface area contributed by atoms with Crippen LogP contribution < -0.4 is 10.2 Å². The van der Waals surface area contributed by atoms with Crippen molar-refractivity contribution in [2.24, 2.45) is 0 Å². The number of hydrogen-bond acceptors (Lipinski definition) is 3. The summed E-state index contributed by atoms with van der Waals surface area (Å²) in [5.41, 5.74) is 5.08. The third-order valence-electron chi connectivity index (χ3n) is 6.47. The van der Waals surface area contributed by atoms with Crippen molar-refractivity contribution in [2.45, 2.75) is 0 Å². The lowest BCUT2D eigenvalue weighted by Gasteiger charge is -2.10. The Morgan fingerprint density at radius 3 is 2.29 bits per heavy atom. The van der Waals surface area contributed by atoms with Gasteiger partial charge in [0, 0.05) is 16.3 Å². The molecule has 2 heterocycles. The van der Waals surface area contributed by atoms with Crippen molar-refractivity contribution in [3.63, 3.8) is 0 Å². The average Bonchev–Trinajstić information content (AvgIpc) is 3.29. The van der Waals surface area contributed by atoms with Crippen molar-refractivity contribution in [3.8, 4) is 22.6 Å². The Kier molecular flexibility index (Phi) is 4.26. The Bertz CT molecular complexity index is 1960. The maximum Gasteiger partial charge on any atom is 0.200 e. The molecule has 0 amide bonds. The van der Waals surface area contributed by atoms with Gasteiger partial charge >= 0.3 is 0 Å². The Balaban J connectivity index is 1.30. The molecule has 0 aliphatic carbocycles. The molecule has 0 atom stereocenters. The van der Waals surface area contributed by atoms with Gasteiger partial charge in [0.2, 0.25) is 5.43 Å². The van der Waals surface area contributed by atoms with Gasteiger partial charge in [0.15, 0.2) is 5.75 Å². The molecule has 0 saturated heterocycles. The number of ether oxygens (including phenoxy) is 1. The summed E-state index contributed by atoms with van der Waals surface area (Å²) in [6.45, 7) is 0. The molecule has 5 aromatic carbocycles. The van der Waals surface area contributed by atoms with E-state index >= 15 is 0 Å². The van der Waals surface area contributed by atoms with Crippen LogP contribution in [0, 0.1) is 0 Å². The van der Waals surface area contributed by atoms with Crippen molar-refractivity contribution < 1.29 is 9.15 Å². The van der Waals surface area contributed by atoms with E-state index in [1.165, 1.54) is 5.39 Å². The molecule has 4 heteroatoms. The van der Waals surface area contributed by atoms with Gasteiger partial charge < -0.3 is 14.1 Å². The van der Waals surface area contributed by atoms with Gasteiger partial charge in [0.1, 0.15) is 16.9 Å². The van der Waals surface area contributed by atoms with Gasteiger partial charge in [0.05, 0.1) is 16.3 Å². The zero-order chi connectivity index (χ0) is 23.4. The monoisotopic (exact) mass is 453 g/mol. The summed E-state index contributed by atoms with van der Waals surface area (Å²) in [4.78, 5) is 16.6. The fraction of sp³-hybridized carbons (Fsp3) is 0. The minimum atomic E-state index is -0.0263. The zero-order valence-corrected chi connectivity index (χ0v) is 18.6. The lowest BCUT2D eigenvalue weighted by molar-refractivity contribution is 0.487. The molecule has 0 aliphatic heterocycles. The molecule has 0 fully saturated rings. The molecular weight excluding hydrogens is 434 g/mol. The molecule has 0 aliphatic rings. The smallest absolute Gasteiger partial charge is 0.200 e. The number of fused-ring (bicyclic) bond motifs is 5. The van der Waals surface area contributed by atoms with Crippen molar-refractivity contribution in [1.82, 2.24) is 4.98 Å². The molecule has 0 saturated carbocycles. The molecule has 1 N–H and O–H groups in total. The van der Waals surface area contributed by atoms with Crippen molar-refractivity contribution in [1.29, 1.82) is 0 Å². The summed E-state index contributed by atoms with van der Waals surface area (Å²) < 4.78 is 12.3. The summed E-state index contributed by atoms with van der Waals surface area (Å²) >= 11 is 0. The quantitative estimate of drug-likeness (QED) is 0.275. The fourth-order valence-electron chi connectivity index (χ4n) is 4.78. The van der Waals surface area contributed by atoms with E-state index in [0.717, 1.165) is 39.0 Å². The summed E-state index contributed by atoms with van der Waals surface area (Å²) in [5.74, 6) is 1.49. The van der Waals surface area contributed by atoms with Crippen LogP contribution in [0.4, 0.5) is 0 Å². The highest BCUT2D eigenvalue weighted by molar-refractivity contribution is 6.09. The normalized spacial score (nSPS) is 11.5. The Morgan fingerprint density at radius 2 is 1.34 bits per heavy atom. The van der Waals surface area contributed by atoms with Gasteiger partial charge in [-0.1, -0.05) is 60.7 Å². The first-order valence-electron chi connectivity index (χ1n) is 11.5. The number of rotatable bonds is 3. The molecule has 0 bridgehead atoms. The number of aromatic amines is 1. The van der Waals surface area contributed by atoms with Gasteiger partial charge in [-0.2, -0.15) is 0 Å². The number of nitrogens with one attached hydrogen (secondary N) is 1. The van der Waals surface area contributed by atoms with E-state index < -0.39 is 0 Å². The molecule has 7 rings (SSSR count). The Hall–Kier alpha value is -4.83. The third-order valence-corrected chi connectivity index (χ3v) is 6.47. The lowest BCUT2D eigenvalue weighted by Crippen LogP contribution is -2.01. The van der Waals surface area contributed by atoms with E-state index in [4.69, 9.17) is 9.15 Å². The number of aromatic nitrogens is 1. The van der Waals surface area contributed by atoms with Crippen LogP contribution >= 0.6 is 0 Å². The maximum atomic E-state index is 13.1. The first-order chi connectivity index (χ1) is 17.2. The van der Waals surface area contributed by atoms with Crippen LogP contribution in [0.5, 0.6) is 11.5 Å². The molecule has 2 aromatic heterocycles. The van der Waals surface area contributed by atoms with E-state index in [1.807, 2.05) is 84.9 Å². The van der Waals surface area contributed by atoms with Crippen molar-refractivity contribution in [3.05, 3.63) is 119 Å². The van der Waals surface area contributed by atoms with E-state index in [2.05, 4.69) is 23.2 Å². The SMILES string of the molecule is O=c1c2ccccc2oc2ccc(-c3cccc(Oc4cccc5c4[nH]c4ccccc45)c3)cc12. The van der Waals surface area contributed by atoms with Gasteiger partial charge in [-0.05, 0) is 59.7 Å². The summed E-state index contributed by atoms with van der Waals surface area (Å²) in [6.07, 6.45) is 0.